The van der Waals surface area contributed by atoms with Gasteiger partial charge in [-0.2, -0.15) is 0 Å². The third-order valence-electron chi connectivity index (χ3n) is 3.45. The van der Waals surface area contributed by atoms with Crippen molar-refractivity contribution in [1.29, 1.82) is 0 Å². The first-order valence-electron chi connectivity index (χ1n) is 6.15. The summed E-state index contributed by atoms with van der Waals surface area (Å²) in [6, 6.07) is 8.90. The van der Waals surface area contributed by atoms with Crippen LogP contribution in [0.3, 0.4) is 0 Å². The number of thiazole rings is 1. The van der Waals surface area contributed by atoms with E-state index in [0.29, 0.717) is 6.04 Å². The van der Waals surface area contributed by atoms with E-state index in [1.165, 1.54) is 22.5 Å². The van der Waals surface area contributed by atoms with Gasteiger partial charge in [-0.1, -0.05) is 12.1 Å². The van der Waals surface area contributed by atoms with Crippen LogP contribution in [0.25, 0.3) is 10.2 Å². The number of hydrogen-bond donors (Lipinski definition) is 1. The van der Waals surface area contributed by atoms with E-state index in [1.807, 2.05) is 6.07 Å². The van der Waals surface area contributed by atoms with Crippen molar-refractivity contribution in [3.8, 4) is 0 Å². The Hall–Kier alpha value is -0.970. The van der Waals surface area contributed by atoms with Crippen molar-refractivity contribution in [2.45, 2.75) is 25.4 Å². The Bertz CT molecular complexity index is 475. The molecular formula is C13H17N3S. The van der Waals surface area contributed by atoms with Crippen LogP contribution >= 0.6 is 11.3 Å². The maximum Gasteiger partial charge on any atom is 0.108 e. The molecule has 1 saturated heterocycles. The normalized spacial score (nSPS) is 21.4. The second kappa shape index (κ2) is 4.72. The third kappa shape index (κ3) is 2.20. The molecule has 2 heterocycles. The van der Waals surface area contributed by atoms with Crippen molar-refractivity contribution in [3.05, 3.63) is 29.3 Å². The van der Waals surface area contributed by atoms with Gasteiger partial charge >= 0.3 is 0 Å². The fourth-order valence-corrected chi connectivity index (χ4v) is 3.52. The molecule has 90 valence electrons. The largest absolute Gasteiger partial charge is 0.329 e. The highest BCUT2D eigenvalue weighted by atomic mass is 32.1. The minimum absolute atomic E-state index is 0.557. The minimum atomic E-state index is 0.557. The van der Waals surface area contributed by atoms with Gasteiger partial charge in [0.2, 0.25) is 0 Å². The molecule has 0 saturated carbocycles. The quantitative estimate of drug-likeness (QED) is 0.904. The molecule has 0 aliphatic carbocycles. The van der Waals surface area contributed by atoms with E-state index in [9.17, 15) is 0 Å². The van der Waals surface area contributed by atoms with Crippen molar-refractivity contribution in [1.82, 2.24) is 9.88 Å². The van der Waals surface area contributed by atoms with E-state index < -0.39 is 0 Å². The van der Waals surface area contributed by atoms with Gasteiger partial charge in [-0.15, -0.1) is 11.3 Å². The van der Waals surface area contributed by atoms with Crippen LogP contribution in [0, 0.1) is 0 Å². The lowest BCUT2D eigenvalue weighted by atomic mass is 10.2. The molecule has 2 aromatic rings. The predicted octanol–water partition coefficient (Wildman–Crippen LogP) is 2.22. The Morgan fingerprint density at radius 2 is 2.29 bits per heavy atom. The van der Waals surface area contributed by atoms with Gasteiger partial charge in [0, 0.05) is 12.6 Å². The van der Waals surface area contributed by atoms with Crippen LogP contribution in [0.5, 0.6) is 0 Å². The van der Waals surface area contributed by atoms with Crippen molar-refractivity contribution in [2.24, 2.45) is 5.73 Å². The number of aromatic nitrogens is 1. The average Bonchev–Trinajstić information content (AvgIpc) is 2.94. The van der Waals surface area contributed by atoms with Gasteiger partial charge in [-0.05, 0) is 31.5 Å². The van der Waals surface area contributed by atoms with E-state index in [0.717, 1.165) is 25.2 Å². The van der Waals surface area contributed by atoms with Crippen LogP contribution in [0.4, 0.5) is 0 Å². The van der Waals surface area contributed by atoms with Crippen LogP contribution in [-0.4, -0.2) is 29.0 Å². The highest BCUT2D eigenvalue weighted by Crippen LogP contribution is 2.25. The summed E-state index contributed by atoms with van der Waals surface area (Å²) in [5.74, 6) is 0. The first-order valence-corrected chi connectivity index (χ1v) is 6.97. The second-order valence-corrected chi connectivity index (χ2v) is 5.69. The molecule has 1 aromatic carbocycles. The lowest BCUT2D eigenvalue weighted by Gasteiger charge is -2.21. The van der Waals surface area contributed by atoms with Crippen molar-refractivity contribution < 1.29 is 0 Å². The summed E-state index contributed by atoms with van der Waals surface area (Å²) in [6.07, 6.45) is 2.51. The average molecular weight is 247 g/mol. The summed E-state index contributed by atoms with van der Waals surface area (Å²) in [4.78, 5) is 7.15. The Labute approximate surface area is 105 Å². The van der Waals surface area contributed by atoms with Crippen LogP contribution in [-0.2, 0) is 6.54 Å². The maximum absolute atomic E-state index is 5.79. The fraction of sp³-hybridized carbons (Fsp3) is 0.462. The molecule has 0 radical (unpaired) electrons. The molecule has 0 amide bonds. The highest BCUT2D eigenvalue weighted by Gasteiger charge is 2.23. The van der Waals surface area contributed by atoms with Crippen LogP contribution < -0.4 is 5.73 Å². The molecule has 4 heteroatoms. The number of hydrogen-bond acceptors (Lipinski definition) is 4. The molecule has 1 aliphatic rings. The summed E-state index contributed by atoms with van der Waals surface area (Å²) in [5, 5.41) is 1.21. The highest BCUT2D eigenvalue weighted by molar-refractivity contribution is 7.18. The van der Waals surface area contributed by atoms with E-state index in [2.05, 4.69) is 28.1 Å². The topological polar surface area (TPSA) is 42.1 Å². The van der Waals surface area contributed by atoms with Gasteiger partial charge in [-0.3, -0.25) is 4.90 Å². The molecule has 1 atom stereocenters. The lowest BCUT2D eigenvalue weighted by Crippen LogP contribution is -2.34. The molecule has 1 fully saturated rings. The number of rotatable bonds is 3. The Balaban J connectivity index is 1.80. The van der Waals surface area contributed by atoms with Crippen molar-refractivity contribution >= 4 is 21.6 Å². The molecule has 1 aromatic heterocycles. The fourth-order valence-electron chi connectivity index (χ4n) is 2.53. The first-order chi connectivity index (χ1) is 8.36. The monoisotopic (exact) mass is 247 g/mol. The lowest BCUT2D eigenvalue weighted by molar-refractivity contribution is 0.250. The number of para-hydroxylation sites is 1. The van der Waals surface area contributed by atoms with Crippen LogP contribution in [0.1, 0.15) is 17.8 Å². The summed E-state index contributed by atoms with van der Waals surface area (Å²) >= 11 is 1.80. The summed E-state index contributed by atoms with van der Waals surface area (Å²) in [5.41, 5.74) is 6.92. The molecule has 0 bridgehead atoms. The Morgan fingerprint density at radius 1 is 1.41 bits per heavy atom. The standard InChI is InChI=1S/C13H17N3S/c14-8-10-4-3-7-16(10)9-13-15-11-5-1-2-6-12(11)17-13/h1-2,5-6,10H,3-4,7-9,14H2. The minimum Gasteiger partial charge on any atom is -0.329 e. The number of likely N-dealkylation sites (tertiary alicyclic amines) is 1. The van der Waals surface area contributed by atoms with E-state index in [1.54, 1.807) is 11.3 Å². The molecule has 3 rings (SSSR count). The van der Waals surface area contributed by atoms with Gasteiger partial charge in [0.05, 0.1) is 16.8 Å². The molecular weight excluding hydrogens is 230 g/mol. The SMILES string of the molecule is NCC1CCCN1Cc1nc2ccccc2s1. The second-order valence-electron chi connectivity index (χ2n) is 4.58. The number of benzene rings is 1. The Kier molecular flexibility index (Phi) is 3.09. The Morgan fingerprint density at radius 3 is 3.12 bits per heavy atom. The van der Waals surface area contributed by atoms with Gasteiger partial charge in [0.15, 0.2) is 0 Å². The zero-order chi connectivity index (χ0) is 11.7. The maximum atomic E-state index is 5.79. The summed E-state index contributed by atoms with van der Waals surface area (Å²) < 4.78 is 1.28. The smallest absolute Gasteiger partial charge is 0.108 e. The van der Waals surface area contributed by atoms with Gasteiger partial charge in [0.25, 0.3) is 0 Å². The third-order valence-corrected chi connectivity index (χ3v) is 4.47. The number of nitrogens with zero attached hydrogens (tertiary/aromatic N) is 2. The molecule has 1 aliphatic heterocycles. The van der Waals surface area contributed by atoms with E-state index in [-0.39, 0.29) is 0 Å². The zero-order valence-electron chi connectivity index (χ0n) is 9.80. The van der Waals surface area contributed by atoms with Crippen LogP contribution in [0.2, 0.25) is 0 Å². The molecule has 0 spiro atoms. The zero-order valence-corrected chi connectivity index (χ0v) is 10.6. The summed E-state index contributed by atoms with van der Waals surface area (Å²) in [7, 11) is 0. The van der Waals surface area contributed by atoms with E-state index >= 15 is 0 Å². The van der Waals surface area contributed by atoms with Gasteiger partial charge in [0.1, 0.15) is 5.01 Å². The van der Waals surface area contributed by atoms with Crippen molar-refractivity contribution in [3.63, 3.8) is 0 Å². The van der Waals surface area contributed by atoms with Gasteiger partial charge in [-0.25, -0.2) is 4.98 Å². The molecule has 1 unspecified atom stereocenters. The number of nitrogens with two attached hydrogens (primary N) is 1. The van der Waals surface area contributed by atoms with E-state index in [4.69, 9.17) is 5.73 Å². The first kappa shape index (κ1) is 11.1. The molecule has 2 N–H and O–H groups in total. The predicted molar refractivity (Wildman–Crippen MR) is 72.1 cm³/mol. The summed E-state index contributed by atoms with van der Waals surface area (Å²) in [6.45, 7) is 2.89. The molecule has 17 heavy (non-hydrogen) atoms. The van der Waals surface area contributed by atoms with Crippen LogP contribution in [0.15, 0.2) is 24.3 Å². The van der Waals surface area contributed by atoms with Crippen molar-refractivity contribution in [2.75, 3.05) is 13.1 Å². The van der Waals surface area contributed by atoms with Gasteiger partial charge < -0.3 is 5.73 Å². The molecule has 3 nitrogen and oxygen atoms in total. The number of fused-ring (bicyclic) bond motifs is 1.